The van der Waals surface area contributed by atoms with E-state index < -0.39 is 10.0 Å². The van der Waals surface area contributed by atoms with Crippen LogP contribution in [-0.2, 0) is 16.4 Å². The monoisotopic (exact) mass is 397 g/mol. The van der Waals surface area contributed by atoms with Crippen LogP contribution in [0, 0.1) is 0 Å². The molecular formula is C17H20BrNO3S. The summed E-state index contributed by atoms with van der Waals surface area (Å²) >= 11 is 3.31. The van der Waals surface area contributed by atoms with Gasteiger partial charge in [0, 0.05) is 6.04 Å². The molecule has 23 heavy (non-hydrogen) atoms. The first-order chi connectivity index (χ1) is 10.9. The molecule has 2 aromatic rings. The largest absolute Gasteiger partial charge is 0.496 e. The van der Waals surface area contributed by atoms with Gasteiger partial charge in [-0.25, -0.2) is 13.1 Å². The molecule has 0 spiro atoms. The quantitative estimate of drug-likeness (QED) is 0.773. The van der Waals surface area contributed by atoms with Gasteiger partial charge in [-0.3, -0.25) is 0 Å². The molecule has 0 amide bonds. The van der Waals surface area contributed by atoms with Gasteiger partial charge in [0.2, 0.25) is 10.0 Å². The lowest BCUT2D eigenvalue weighted by Gasteiger charge is -2.15. The molecular weight excluding hydrogens is 378 g/mol. The second-order valence-corrected chi connectivity index (χ2v) is 7.91. The fourth-order valence-electron chi connectivity index (χ4n) is 2.23. The number of rotatable bonds is 7. The summed E-state index contributed by atoms with van der Waals surface area (Å²) in [5.74, 6) is 0.598. The van der Waals surface area contributed by atoms with Crippen LogP contribution in [0.4, 0.5) is 0 Å². The van der Waals surface area contributed by atoms with Crippen molar-refractivity contribution < 1.29 is 13.2 Å². The normalized spacial score (nSPS) is 12.8. The number of halogens is 1. The lowest BCUT2D eigenvalue weighted by Crippen LogP contribution is -2.33. The lowest BCUT2D eigenvalue weighted by molar-refractivity contribution is 0.411. The van der Waals surface area contributed by atoms with Gasteiger partial charge in [-0.15, -0.1) is 0 Å². The molecule has 1 N–H and O–H groups in total. The van der Waals surface area contributed by atoms with E-state index in [-0.39, 0.29) is 10.9 Å². The first-order valence-electron chi connectivity index (χ1n) is 7.32. The third-order valence-corrected chi connectivity index (χ3v) is 5.71. The zero-order chi connectivity index (χ0) is 16.9. The Bertz CT molecular complexity index is 748. The van der Waals surface area contributed by atoms with Crippen molar-refractivity contribution in [3.63, 3.8) is 0 Å². The average molecular weight is 398 g/mol. The molecule has 0 fully saturated rings. The summed E-state index contributed by atoms with van der Waals surface area (Å²) in [7, 11) is -2.01. The van der Waals surface area contributed by atoms with Crippen molar-refractivity contribution in [2.45, 2.75) is 30.7 Å². The van der Waals surface area contributed by atoms with Crippen LogP contribution in [0.1, 0.15) is 18.9 Å². The van der Waals surface area contributed by atoms with Gasteiger partial charge in [0.25, 0.3) is 0 Å². The molecule has 0 saturated carbocycles. The molecule has 0 unspecified atom stereocenters. The molecule has 1 atom stereocenters. The van der Waals surface area contributed by atoms with E-state index in [1.54, 1.807) is 12.1 Å². The van der Waals surface area contributed by atoms with E-state index in [9.17, 15) is 8.42 Å². The highest BCUT2D eigenvalue weighted by atomic mass is 79.9. The molecule has 0 heterocycles. The highest BCUT2D eigenvalue weighted by Crippen LogP contribution is 2.27. The number of sulfonamides is 1. The zero-order valence-corrected chi connectivity index (χ0v) is 15.5. The van der Waals surface area contributed by atoms with Crippen LogP contribution in [0.2, 0.25) is 0 Å². The summed E-state index contributed by atoms with van der Waals surface area (Å²) in [5.41, 5.74) is 1.20. The number of benzene rings is 2. The molecule has 0 aliphatic heterocycles. The van der Waals surface area contributed by atoms with Crippen molar-refractivity contribution in [3.8, 4) is 5.75 Å². The Balaban J connectivity index is 2.01. The number of hydrogen-bond donors (Lipinski definition) is 1. The fraction of sp³-hybridized carbons (Fsp3) is 0.294. The van der Waals surface area contributed by atoms with Crippen molar-refractivity contribution in [3.05, 3.63) is 58.6 Å². The molecule has 0 bridgehead atoms. The number of hydrogen-bond acceptors (Lipinski definition) is 3. The van der Waals surface area contributed by atoms with Crippen LogP contribution < -0.4 is 9.46 Å². The lowest BCUT2D eigenvalue weighted by atomic mass is 10.1. The van der Waals surface area contributed by atoms with Gasteiger partial charge in [0.1, 0.15) is 5.75 Å². The van der Waals surface area contributed by atoms with E-state index in [0.29, 0.717) is 10.2 Å². The molecule has 2 rings (SSSR count). The molecule has 6 heteroatoms. The molecule has 0 aromatic heterocycles. The third kappa shape index (κ3) is 5.06. The van der Waals surface area contributed by atoms with Gasteiger partial charge in [-0.2, -0.15) is 0 Å². The maximum atomic E-state index is 12.4. The first kappa shape index (κ1) is 18.0. The molecule has 0 saturated heterocycles. The number of methoxy groups -OCH3 is 1. The minimum absolute atomic E-state index is 0.152. The van der Waals surface area contributed by atoms with Gasteiger partial charge in [-0.05, 0) is 59.5 Å². The summed E-state index contributed by atoms with van der Waals surface area (Å²) in [6, 6.07) is 14.6. The Morgan fingerprint density at radius 1 is 1.17 bits per heavy atom. The Hall–Kier alpha value is -1.37. The van der Waals surface area contributed by atoms with Gasteiger partial charge < -0.3 is 4.74 Å². The summed E-state index contributed by atoms with van der Waals surface area (Å²) in [6.07, 6.45) is 1.57. The van der Waals surface area contributed by atoms with Crippen LogP contribution in [0.25, 0.3) is 0 Å². The second-order valence-electron chi connectivity index (χ2n) is 5.34. The van der Waals surface area contributed by atoms with Crippen LogP contribution in [0.5, 0.6) is 5.75 Å². The summed E-state index contributed by atoms with van der Waals surface area (Å²) in [5, 5.41) is 0. The third-order valence-electron chi connectivity index (χ3n) is 3.50. The Morgan fingerprint density at radius 2 is 1.87 bits per heavy atom. The van der Waals surface area contributed by atoms with E-state index >= 15 is 0 Å². The van der Waals surface area contributed by atoms with Crippen molar-refractivity contribution in [1.82, 2.24) is 4.72 Å². The maximum Gasteiger partial charge on any atom is 0.240 e. The Kier molecular flexibility index (Phi) is 6.21. The predicted octanol–water partition coefficient (Wildman–Crippen LogP) is 3.76. The average Bonchev–Trinajstić information content (AvgIpc) is 2.53. The highest BCUT2D eigenvalue weighted by molar-refractivity contribution is 9.10. The summed E-state index contributed by atoms with van der Waals surface area (Å²) in [4.78, 5) is 0.219. The molecule has 0 aliphatic carbocycles. The minimum Gasteiger partial charge on any atom is -0.496 e. The zero-order valence-electron chi connectivity index (χ0n) is 13.1. The maximum absolute atomic E-state index is 12.4. The van der Waals surface area contributed by atoms with Crippen LogP contribution in [0.15, 0.2) is 57.9 Å². The van der Waals surface area contributed by atoms with Gasteiger partial charge >= 0.3 is 0 Å². The molecule has 4 nitrogen and oxygen atoms in total. The van der Waals surface area contributed by atoms with Crippen LogP contribution in [0.3, 0.4) is 0 Å². The second kappa shape index (κ2) is 7.95. The summed E-state index contributed by atoms with van der Waals surface area (Å²) in [6.45, 7) is 1.87. The fourth-order valence-corrected chi connectivity index (χ4v) is 4.23. The molecule has 124 valence electrons. The van der Waals surface area contributed by atoms with E-state index in [0.717, 1.165) is 12.8 Å². The number of ether oxygens (including phenoxy) is 1. The predicted molar refractivity (Wildman–Crippen MR) is 95.2 cm³/mol. The molecule has 2 aromatic carbocycles. The first-order valence-corrected chi connectivity index (χ1v) is 9.60. The number of nitrogens with one attached hydrogen (secondary N) is 1. The van der Waals surface area contributed by atoms with Gasteiger partial charge in [0.15, 0.2) is 0 Å². The topological polar surface area (TPSA) is 55.4 Å². The van der Waals surface area contributed by atoms with Gasteiger partial charge in [-0.1, -0.05) is 30.3 Å². The van der Waals surface area contributed by atoms with E-state index in [2.05, 4.69) is 20.7 Å². The summed E-state index contributed by atoms with van der Waals surface area (Å²) < 4.78 is 33.3. The van der Waals surface area contributed by atoms with E-state index in [4.69, 9.17) is 4.74 Å². The number of aryl methyl sites for hydroxylation is 1. The molecule has 0 radical (unpaired) electrons. The Labute approximate surface area is 146 Å². The highest BCUT2D eigenvalue weighted by Gasteiger charge is 2.18. The Morgan fingerprint density at radius 3 is 2.48 bits per heavy atom. The van der Waals surface area contributed by atoms with Crippen LogP contribution >= 0.6 is 15.9 Å². The standard InChI is InChI=1S/C17H20BrNO3S/c1-13(8-9-14-6-4-3-5-7-14)19-23(20,21)15-10-11-17(22-2)16(18)12-15/h3-7,10-13,19H,8-9H2,1-2H3/t13-/m1/s1. The smallest absolute Gasteiger partial charge is 0.240 e. The van der Waals surface area contributed by atoms with Crippen molar-refractivity contribution >= 4 is 26.0 Å². The van der Waals surface area contributed by atoms with Crippen molar-refractivity contribution in [2.75, 3.05) is 7.11 Å². The SMILES string of the molecule is COc1ccc(S(=O)(=O)N[C@H](C)CCc2ccccc2)cc1Br. The van der Waals surface area contributed by atoms with Crippen LogP contribution in [-0.4, -0.2) is 21.6 Å². The van der Waals surface area contributed by atoms with Crippen molar-refractivity contribution in [1.29, 1.82) is 0 Å². The minimum atomic E-state index is -3.55. The van der Waals surface area contributed by atoms with Gasteiger partial charge in [0.05, 0.1) is 16.5 Å². The van der Waals surface area contributed by atoms with E-state index in [1.807, 2.05) is 37.3 Å². The van der Waals surface area contributed by atoms with Crippen molar-refractivity contribution in [2.24, 2.45) is 0 Å². The van der Waals surface area contributed by atoms with E-state index in [1.165, 1.54) is 18.7 Å². The molecule has 0 aliphatic rings.